The Morgan fingerprint density at radius 3 is 2.69 bits per heavy atom. The maximum Gasteiger partial charge on any atom is 0.320 e. The van der Waals surface area contributed by atoms with E-state index in [0.29, 0.717) is 18.0 Å². The molecule has 0 aromatic heterocycles. The minimum atomic E-state index is -3.86. The van der Waals surface area contributed by atoms with E-state index in [2.05, 4.69) is 20.1 Å². The van der Waals surface area contributed by atoms with Gasteiger partial charge in [0.2, 0.25) is 15.9 Å². The van der Waals surface area contributed by atoms with Gasteiger partial charge in [-0.1, -0.05) is 6.07 Å². The Balaban J connectivity index is 1.91. The fourth-order valence-corrected chi connectivity index (χ4v) is 3.79. The summed E-state index contributed by atoms with van der Waals surface area (Å²) in [6.45, 7) is 1.53. The van der Waals surface area contributed by atoms with Gasteiger partial charge >= 0.3 is 5.97 Å². The summed E-state index contributed by atoms with van der Waals surface area (Å²) in [5.41, 5.74) is 0.404. The number of hydrogen-bond acceptors (Lipinski definition) is 6. The maximum absolute atomic E-state index is 12.2. The number of anilines is 1. The van der Waals surface area contributed by atoms with E-state index in [4.69, 9.17) is 0 Å². The molecule has 26 heavy (non-hydrogen) atoms. The number of rotatable bonds is 8. The van der Waals surface area contributed by atoms with Crippen molar-refractivity contribution in [2.24, 2.45) is 5.92 Å². The van der Waals surface area contributed by atoms with E-state index in [1.807, 2.05) is 0 Å². The van der Waals surface area contributed by atoms with Crippen molar-refractivity contribution in [3.63, 3.8) is 0 Å². The first-order chi connectivity index (χ1) is 12.4. The lowest BCUT2D eigenvalue weighted by atomic mass is 9.93. The first kappa shape index (κ1) is 20.3. The van der Waals surface area contributed by atoms with E-state index in [1.165, 1.54) is 25.3 Å². The summed E-state index contributed by atoms with van der Waals surface area (Å²) >= 11 is 0. The monoisotopic (exact) mass is 383 g/mol. The van der Waals surface area contributed by atoms with Gasteiger partial charge in [0, 0.05) is 12.1 Å². The molecule has 0 aliphatic carbocycles. The molecule has 0 bridgehead atoms. The van der Waals surface area contributed by atoms with Gasteiger partial charge in [0.05, 0.1) is 12.0 Å². The number of carbonyl (C=O) groups is 2. The van der Waals surface area contributed by atoms with Crippen molar-refractivity contribution in [1.29, 1.82) is 0 Å². The van der Waals surface area contributed by atoms with Crippen molar-refractivity contribution in [2.45, 2.75) is 30.6 Å². The second-order valence-corrected chi connectivity index (χ2v) is 7.98. The van der Waals surface area contributed by atoms with Crippen molar-refractivity contribution in [3.05, 3.63) is 24.3 Å². The van der Waals surface area contributed by atoms with Crippen LogP contribution in [0.3, 0.4) is 0 Å². The van der Waals surface area contributed by atoms with Crippen LogP contribution in [0.25, 0.3) is 0 Å². The van der Waals surface area contributed by atoms with Gasteiger partial charge in [0.15, 0.2) is 0 Å². The second kappa shape index (κ2) is 9.65. The normalized spacial score (nSPS) is 15.4. The number of carbonyl (C=O) groups excluding carboxylic acids is 2. The average Bonchev–Trinajstić information content (AvgIpc) is 2.65. The molecule has 1 amide bonds. The third-order valence-corrected chi connectivity index (χ3v) is 5.70. The van der Waals surface area contributed by atoms with E-state index in [1.54, 1.807) is 6.07 Å². The lowest BCUT2D eigenvalue weighted by Crippen LogP contribution is -2.30. The van der Waals surface area contributed by atoms with Crippen LogP contribution in [0, 0.1) is 5.92 Å². The summed E-state index contributed by atoms with van der Waals surface area (Å²) < 4.78 is 30.9. The van der Waals surface area contributed by atoms with Crippen LogP contribution in [0.1, 0.15) is 25.7 Å². The molecule has 1 aliphatic heterocycles. The van der Waals surface area contributed by atoms with Gasteiger partial charge in [-0.25, -0.2) is 8.42 Å². The fraction of sp³-hybridized carbons (Fsp3) is 0.529. The van der Waals surface area contributed by atoms with Crippen LogP contribution in [-0.4, -0.2) is 47.0 Å². The van der Waals surface area contributed by atoms with Gasteiger partial charge in [-0.05, 0) is 56.5 Å². The summed E-state index contributed by atoms with van der Waals surface area (Å²) in [6, 6.07) is 5.92. The molecule has 1 aromatic carbocycles. The quantitative estimate of drug-likeness (QED) is 0.574. The molecule has 0 atom stereocenters. The molecule has 0 radical (unpaired) electrons. The third-order valence-electron chi connectivity index (χ3n) is 4.30. The molecule has 1 aliphatic rings. The molecule has 3 N–H and O–H groups in total. The minimum Gasteiger partial charge on any atom is -0.468 e. The van der Waals surface area contributed by atoms with Gasteiger partial charge in [-0.3, -0.25) is 9.59 Å². The standard InChI is InChI=1S/C17H25N3O5S/c1-25-17(22)12-19-26(23,24)15-4-2-3-14(11-15)20-16(21)6-5-13-7-9-18-10-8-13/h2-4,11,13,18-19H,5-10,12H2,1H3,(H,20,21). The molecule has 1 saturated heterocycles. The molecule has 8 nitrogen and oxygen atoms in total. The summed E-state index contributed by atoms with van der Waals surface area (Å²) in [7, 11) is -2.69. The van der Waals surface area contributed by atoms with Gasteiger partial charge < -0.3 is 15.4 Å². The molecule has 1 aromatic rings. The van der Waals surface area contributed by atoms with E-state index in [-0.39, 0.29) is 10.8 Å². The zero-order valence-electron chi connectivity index (χ0n) is 14.8. The highest BCUT2D eigenvalue weighted by Crippen LogP contribution is 2.19. The van der Waals surface area contributed by atoms with E-state index >= 15 is 0 Å². The number of esters is 1. The van der Waals surface area contributed by atoms with Crippen LogP contribution in [0.4, 0.5) is 5.69 Å². The predicted molar refractivity (Wildman–Crippen MR) is 97.1 cm³/mol. The van der Waals surface area contributed by atoms with Gasteiger partial charge in [0.1, 0.15) is 6.54 Å². The summed E-state index contributed by atoms with van der Waals surface area (Å²) in [5, 5.41) is 6.02. The third kappa shape index (κ3) is 6.40. The molecule has 0 spiro atoms. The van der Waals surface area contributed by atoms with Gasteiger partial charge in [0.25, 0.3) is 0 Å². The number of sulfonamides is 1. The zero-order chi connectivity index (χ0) is 19.0. The molecule has 0 saturated carbocycles. The van der Waals surface area contributed by atoms with Crippen molar-refractivity contribution in [2.75, 3.05) is 32.1 Å². The average molecular weight is 383 g/mol. The van der Waals surface area contributed by atoms with Crippen LogP contribution >= 0.6 is 0 Å². The Hall–Kier alpha value is -1.97. The highest BCUT2D eigenvalue weighted by atomic mass is 32.2. The summed E-state index contributed by atoms with van der Waals surface area (Å²) in [4.78, 5) is 23.2. The number of ether oxygens (including phenoxy) is 1. The number of amides is 1. The van der Waals surface area contributed by atoms with E-state index in [0.717, 1.165) is 32.4 Å². The van der Waals surface area contributed by atoms with Crippen LogP contribution < -0.4 is 15.4 Å². The van der Waals surface area contributed by atoms with Crippen molar-refractivity contribution in [3.8, 4) is 0 Å². The van der Waals surface area contributed by atoms with Crippen molar-refractivity contribution >= 4 is 27.6 Å². The number of benzene rings is 1. The molecule has 1 fully saturated rings. The minimum absolute atomic E-state index is 0.0300. The van der Waals surface area contributed by atoms with Crippen LogP contribution in [0.5, 0.6) is 0 Å². The molecule has 2 rings (SSSR count). The predicted octanol–water partition coefficient (Wildman–Crippen LogP) is 0.856. The molecule has 1 heterocycles. The first-order valence-corrected chi connectivity index (χ1v) is 10.1. The number of methoxy groups -OCH3 is 1. The Morgan fingerprint density at radius 1 is 1.27 bits per heavy atom. The lowest BCUT2D eigenvalue weighted by Gasteiger charge is -2.22. The van der Waals surface area contributed by atoms with Crippen molar-refractivity contribution in [1.82, 2.24) is 10.0 Å². The highest BCUT2D eigenvalue weighted by Gasteiger charge is 2.17. The Morgan fingerprint density at radius 2 is 2.00 bits per heavy atom. The Kier molecular flexibility index (Phi) is 7.55. The second-order valence-electron chi connectivity index (χ2n) is 6.21. The molecular weight excluding hydrogens is 358 g/mol. The zero-order valence-corrected chi connectivity index (χ0v) is 15.6. The molecular formula is C17H25N3O5S. The summed E-state index contributed by atoms with van der Waals surface area (Å²) in [5.74, 6) is -0.271. The van der Waals surface area contributed by atoms with E-state index < -0.39 is 22.5 Å². The summed E-state index contributed by atoms with van der Waals surface area (Å²) in [6.07, 6.45) is 3.38. The molecule has 144 valence electrons. The largest absolute Gasteiger partial charge is 0.468 e. The maximum atomic E-state index is 12.2. The van der Waals surface area contributed by atoms with Crippen molar-refractivity contribution < 1.29 is 22.7 Å². The van der Waals surface area contributed by atoms with Crippen LogP contribution in [0.2, 0.25) is 0 Å². The Bertz CT molecular complexity index is 730. The fourth-order valence-electron chi connectivity index (χ4n) is 2.78. The first-order valence-electron chi connectivity index (χ1n) is 8.58. The molecule has 9 heteroatoms. The van der Waals surface area contributed by atoms with Crippen LogP contribution in [-0.2, 0) is 24.3 Å². The number of piperidine rings is 1. The number of nitrogens with one attached hydrogen (secondary N) is 3. The number of hydrogen-bond donors (Lipinski definition) is 3. The smallest absolute Gasteiger partial charge is 0.320 e. The van der Waals surface area contributed by atoms with Gasteiger partial charge in [-0.2, -0.15) is 4.72 Å². The highest BCUT2D eigenvalue weighted by molar-refractivity contribution is 7.89. The molecule has 0 unspecified atom stereocenters. The Labute approximate surface area is 153 Å². The SMILES string of the molecule is COC(=O)CNS(=O)(=O)c1cccc(NC(=O)CCC2CCNCC2)c1. The van der Waals surface area contributed by atoms with Crippen LogP contribution in [0.15, 0.2) is 29.2 Å². The van der Waals surface area contributed by atoms with Gasteiger partial charge in [-0.15, -0.1) is 0 Å². The lowest BCUT2D eigenvalue weighted by molar-refractivity contribution is -0.139. The van der Waals surface area contributed by atoms with E-state index in [9.17, 15) is 18.0 Å². The topological polar surface area (TPSA) is 114 Å².